The van der Waals surface area contributed by atoms with Gasteiger partial charge < -0.3 is 9.36 Å². The van der Waals surface area contributed by atoms with Crippen molar-refractivity contribution < 1.29 is 20.4 Å². The van der Waals surface area contributed by atoms with E-state index in [0.717, 1.165) is 22.2 Å². The fourth-order valence-corrected chi connectivity index (χ4v) is 2.44. The van der Waals surface area contributed by atoms with Crippen molar-refractivity contribution in [1.82, 2.24) is 4.57 Å². The van der Waals surface area contributed by atoms with Gasteiger partial charge in [0.1, 0.15) is 0 Å². The van der Waals surface area contributed by atoms with Gasteiger partial charge in [-0.1, -0.05) is 23.8 Å². The molecular weight excluding hydrogens is 468 g/mol. The van der Waals surface area contributed by atoms with Gasteiger partial charge in [-0.05, 0) is 25.5 Å². The zero-order valence-electron chi connectivity index (χ0n) is 11.7. The van der Waals surface area contributed by atoms with Crippen LogP contribution in [-0.2, 0) is 15.6 Å². The van der Waals surface area contributed by atoms with Gasteiger partial charge in [-0.25, -0.2) is 0 Å². The van der Waals surface area contributed by atoms with Crippen molar-refractivity contribution in [2.75, 3.05) is 0 Å². The molecule has 1 heterocycles. The summed E-state index contributed by atoms with van der Waals surface area (Å²) in [5.41, 5.74) is 3.69. The average molecular weight is 482 g/mol. The van der Waals surface area contributed by atoms with E-state index in [1.807, 2.05) is 56.8 Å². The van der Waals surface area contributed by atoms with Crippen LogP contribution in [-0.4, -0.2) is 10.5 Å². The van der Waals surface area contributed by atoms with Crippen LogP contribution in [0.15, 0.2) is 48.5 Å². The van der Waals surface area contributed by atoms with E-state index in [4.69, 9.17) is 0 Å². The van der Waals surface area contributed by atoms with Gasteiger partial charge >= 0.3 is 35.1 Å². The van der Waals surface area contributed by atoms with Crippen LogP contribution in [0.3, 0.4) is 0 Å². The van der Waals surface area contributed by atoms with Crippen LogP contribution < -0.4 is 0 Å². The molecule has 2 aromatic carbocycles. The van der Waals surface area contributed by atoms with Crippen molar-refractivity contribution in [3.05, 3.63) is 71.4 Å². The monoisotopic (exact) mass is 481 g/mol. The average Bonchev–Trinajstić information content (AvgIpc) is 2.81. The number of hydrogen-bond donors (Lipinski definition) is 0. The predicted octanol–water partition coefficient (Wildman–Crippen LogP) is 4.63. The molecule has 3 rings (SSSR count). The Morgan fingerprint density at radius 2 is 1.76 bits per heavy atom. The Bertz CT molecular complexity index is 765. The summed E-state index contributed by atoms with van der Waals surface area (Å²) >= 11 is 4.72. The van der Waals surface area contributed by atoms with Gasteiger partial charge in [0.25, 0.3) is 0 Å². The number of hydrogen-bond acceptors (Lipinski definition) is 1. The summed E-state index contributed by atoms with van der Waals surface area (Å²) in [6.07, 6.45) is 0. The van der Waals surface area contributed by atoms with Gasteiger partial charge in [-0.15, -0.1) is 30.3 Å². The molecule has 0 N–H and O–H groups in total. The number of nitrogens with zero attached hydrogens (tertiary/aromatic N) is 1. The van der Waals surface area contributed by atoms with E-state index in [-0.39, 0.29) is 5.91 Å². The number of carbonyl (C=O) groups is 1. The molecule has 0 saturated carbocycles. The van der Waals surface area contributed by atoms with Crippen molar-refractivity contribution in [3.8, 4) is 0 Å². The van der Waals surface area contributed by atoms with Crippen LogP contribution in [0.25, 0.3) is 10.9 Å². The minimum absolute atomic E-state index is 0.0256. The molecule has 0 fully saturated rings. The first-order chi connectivity index (χ1) is 10.2. The molecule has 2 nitrogen and oxygen atoms in total. The van der Waals surface area contributed by atoms with Gasteiger partial charge in [-0.2, -0.15) is 0 Å². The molecule has 0 bridgehead atoms. The topological polar surface area (TPSA) is 22.0 Å². The SMILES string of the molecule is Cc1c(C)n(C(=O)c2[c-]cccc2)c2ccccc12.[Pd+][I]. The number of fused-ring (bicyclic) bond motifs is 1. The zero-order valence-corrected chi connectivity index (χ0v) is 15.4. The molecule has 0 saturated heterocycles. The van der Waals surface area contributed by atoms with E-state index in [1.165, 1.54) is 0 Å². The Kier molecular flexibility index (Phi) is 5.74. The van der Waals surface area contributed by atoms with Crippen molar-refractivity contribution in [2.45, 2.75) is 13.8 Å². The standard InChI is InChI=1S/C17H14NO.HI.Pd/c1-12-13(2)18(16-11-7-6-10-15(12)16)17(19)14-8-4-3-5-9-14;;/h3-8,10-11H,1-2H3;1H;/q-1;;+2/p-1. The Balaban J connectivity index is 0.000000774. The first-order valence-electron chi connectivity index (χ1n) is 6.40. The summed E-state index contributed by atoms with van der Waals surface area (Å²) < 4.78 is 1.77. The Morgan fingerprint density at radius 3 is 2.43 bits per heavy atom. The number of carbonyl (C=O) groups excluding carboxylic acids is 1. The number of benzene rings is 2. The molecule has 0 aliphatic carbocycles. The molecular formula is C17H14INOPd. The molecule has 0 spiro atoms. The number of rotatable bonds is 1. The molecule has 21 heavy (non-hydrogen) atoms. The van der Waals surface area contributed by atoms with Gasteiger partial charge in [0.2, 0.25) is 0 Å². The molecule has 1 aromatic heterocycles. The second kappa shape index (κ2) is 7.35. The number of halogens is 1. The fourth-order valence-electron chi connectivity index (χ4n) is 2.44. The van der Waals surface area contributed by atoms with E-state index in [0.29, 0.717) is 5.56 Å². The van der Waals surface area contributed by atoms with Gasteiger partial charge in [0.05, 0.1) is 0 Å². The maximum absolute atomic E-state index is 12.6. The summed E-state index contributed by atoms with van der Waals surface area (Å²) in [6, 6.07) is 18.3. The van der Waals surface area contributed by atoms with Crippen molar-refractivity contribution in [2.24, 2.45) is 0 Å². The molecule has 0 radical (unpaired) electrons. The van der Waals surface area contributed by atoms with Crippen LogP contribution in [0, 0.1) is 19.9 Å². The number of aryl methyl sites for hydroxylation is 1. The number of para-hydroxylation sites is 1. The van der Waals surface area contributed by atoms with Gasteiger partial charge in [0.15, 0.2) is 5.91 Å². The quantitative estimate of drug-likeness (QED) is 0.282. The van der Waals surface area contributed by atoms with Gasteiger partial charge in [-0.3, -0.25) is 0 Å². The molecule has 4 heteroatoms. The normalized spacial score (nSPS) is 10.1. The van der Waals surface area contributed by atoms with Crippen LogP contribution in [0.5, 0.6) is 0 Å². The van der Waals surface area contributed by atoms with Crippen LogP contribution in [0.4, 0.5) is 0 Å². The summed E-state index contributed by atoms with van der Waals surface area (Å²) in [4.78, 5) is 12.6. The van der Waals surface area contributed by atoms with E-state index in [2.05, 4.69) is 34.6 Å². The van der Waals surface area contributed by atoms with E-state index >= 15 is 0 Å². The van der Waals surface area contributed by atoms with Gasteiger partial charge in [0, 0.05) is 16.6 Å². The number of aromatic nitrogens is 1. The van der Waals surface area contributed by atoms with Crippen molar-refractivity contribution in [1.29, 1.82) is 0 Å². The van der Waals surface area contributed by atoms with Crippen molar-refractivity contribution >= 4 is 36.3 Å². The molecule has 0 amide bonds. The van der Waals surface area contributed by atoms with Crippen LogP contribution >= 0.6 is 19.5 Å². The zero-order chi connectivity index (χ0) is 15.4. The Hall–Kier alpha value is -0.958. The van der Waals surface area contributed by atoms with E-state index in [9.17, 15) is 4.79 Å². The van der Waals surface area contributed by atoms with Crippen LogP contribution in [0.1, 0.15) is 21.6 Å². The summed E-state index contributed by atoms with van der Waals surface area (Å²) in [7, 11) is 0. The minimum atomic E-state index is -0.0256. The summed E-state index contributed by atoms with van der Waals surface area (Å²) in [5, 5.41) is 1.13. The summed E-state index contributed by atoms with van der Waals surface area (Å²) in [6.45, 7) is 4.03. The first kappa shape index (κ1) is 16.4. The third-order valence-corrected chi connectivity index (χ3v) is 3.57. The van der Waals surface area contributed by atoms with Crippen LogP contribution in [0.2, 0.25) is 0 Å². The molecule has 0 aliphatic heterocycles. The Labute approximate surface area is 145 Å². The molecule has 3 aromatic rings. The molecule has 0 unspecified atom stereocenters. The fraction of sp³-hybridized carbons (Fsp3) is 0.118. The first-order valence-corrected chi connectivity index (χ1v) is 11.0. The molecule has 110 valence electrons. The van der Waals surface area contributed by atoms with E-state index < -0.39 is 0 Å². The third kappa shape index (κ3) is 3.13. The van der Waals surface area contributed by atoms with E-state index in [1.54, 1.807) is 16.7 Å². The maximum atomic E-state index is 12.6. The molecule has 0 aliphatic rings. The molecule has 0 atom stereocenters. The van der Waals surface area contributed by atoms with Crippen molar-refractivity contribution in [3.63, 3.8) is 0 Å². The second-order valence-corrected chi connectivity index (χ2v) is 4.64. The Morgan fingerprint density at radius 1 is 1.10 bits per heavy atom. The second-order valence-electron chi connectivity index (χ2n) is 4.64. The summed E-state index contributed by atoms with van der Waals surface area (Å²) in [5.74, 6) is -0.0256. The third-order valence-electron chi connectivity index (χ3n) is 3.57. The predicted molar refractivity (Wildman–Crippen MR) is 90.4 cm³/mol.